The summed E-state index contributed by atoms with van der Waals surface area (Å²) < 4.78 is 5.82. The highest BCUT2D eigenvalue weighted by molar-refractivity contribution is 5.96. The molecule has 0 aliphatic heterocycles. The first-order valence-electron chi connectivity index (χ1n) is 8.11. The fraction of sp³-hybridized carbons (Fsp3) is 0.0500. The average Bonchev–Trinajstić information content (AvgIpc) is 3.13. The molecule has 0 amide bonds. The van der Waals surface area contributed by atoms with Gasteiger partial charge in [-0.3, -0.25) is 15.5 Å². The summed E-state index contributed by atoms with van der Waals surface area (Å²) in [6.07, 6.45) is 0. The van der Waals surface area contributed by atoms with Crippen LogP contribution < -0.4 is 11.1 Å². The van der Waals surface area contributed by atoms with E-state index in [9.17, 15) is 10.1 Å². The van der Waals surface area contributed by atoms with Crippen molar-refractivity contribution < 1.29 is 9.34 Å². The minimum absolute atomic E-state index is 0.0119. The predicted octanol–water partition coefficient (Wildman–Crippen LogP) is 4.53. The second kappa shape index (κ2) is 7.17. The maximum atomic E-state index is 10.8. The van der Waals surface area contributed by atoms with E-state index < -0.39 is 4.92 Å². The van der Waals surface area contributed by atoms with Crippen LogP contribution in [-0.4, -0.2) is 10.8 Å². The Morgan fingerprint density at radius 1 is 1.19 bits per heavy atom. The number of anilines is 1. The van der Waals surface area contributed by atoms with Crippen molar-refractivity contribution in [3.8, 4) is 11.3 Å². The molecule has 3 aromatic rings. The van der Waals surface area contributed by atoms with E-state index in [0.29, 0.717) is 22.8 Å². The molecule has 0 saturated heterocycles. The van der Waals surface area contributed by atoms with E-state index in [1.807, 2.05) is 13.0 Å². The third-order valence-corrected chi connectivity index (χ3v) is 4.10. The number of non-ortho nitro benzene ring substituents is 1. The average molecular weight is 362 g/mol. The Labute approximate surface area is 155 Å². The molecule has 0 fully saturated rings. The molecule has 1 heterocycles. The molecule has 7 heteroatoms. The smallest absolute Gasteiger partial charge is 0.269 e. The molecular formula is C20H18N4O3. The zero-order valence-electron chi connectivity index (χ0n) is 14.7. The number of nitrogen functional groups attached to an aromatic ring is 1. The summed E-state index contributed by atoms with van der Waals surface area (Å²) in [6, 6.07) is 15.1. The van der Waals surface area contributed by atoms with E-state index in [2.05, 4.69) is 11.9 Å². The molecule has 0 atom stereocenters. The molecule has 3 rings (SSSR count). The monoisotopic (exact) mass is 362 g/mol. The van der Waals surface area contributed by atoms with Crippen LogP contribution in [0.1, 0.15) is 16.9 Å². The summed E-state index contributed by atoms with van der Waals surface area (Å²) in [5.74, 6) is 1.11. The quantitative estimate of drug-likeness (QED) is 0.258. The summed E-state index contributed by atoms with van der Waals surface area (Å²) >= 11 is 0. The van der Waals surface area contributed by atoms with E-state index in [-0.39, 0.29) is 11.5 Å². The molecule has 136 valence electrons. The van der Waals surface area contributed by atoms with Crippen molar-refractivity contribution >= 4 is 22.9 Å². The number of nitrogens with two attached hydrogens (primary N) is 1. The molecule has 27 heavy (non-hydrogen) atoms. The normalized spacial score (nSPS) is 10.4. The lowest BCUT2D eigenvalue weighted by molar-refractivity contribution is -0.384. The Morgan fingerprint density at radius 2 is 1.89 bits per heavy atom. The third-order valence-electron chi connectivity index (χ3n) is 4.10. The molecule has 2 aromatic carbocycles. The second-order valence-electron chi connectivity index (χ2n) is 6.01. The minimum atomic E-state index is -0.444. The molecule has 1 aromatic heterocycles. The topological polar surface area (TPSA) is 118 Å². The van der Waals surface area contributed by atoms with Gasteiger partial charge in [-0.05, 0) is 42.8 Å². The molecule has 0 saturated carbocycles. The number of hydrogen-bond donors (Lipinski definition) is 3. The second-order valence-corrected chi connectivity index (χ2v) is 6.01. The van der Waals surface area contributed by atoms with Gasteiger partial charge in [0.15, 0.2) is 0 Å². The van der Waals surface area contributed by atoms with E-state index in [4.69, 9.17) is 15.6 Å². The van der Waals surface area contributed by atoms with Crippen molar-refractivity contribution in [3.63, 3.8) is 0 Å². The molecule has 7 nitrogen and oxygen atoms in total. The molecule has 0 aliphatic carbocycles. The number of aryl methyl sites for hydroxylation is 1. The first kappa shape index (κ1) is 17.9. The van der Waals surface area contributed by atoms with Crippen LogP contribution in [0.4, 0.5) is 11.4 Å². The Morgan fingerprint density at radius 3 is 2.52 bits per heavy atom. The standard InChI is InChI=1S/C20H18N4O3/c1-12-3-4-15(20(21)22)11-17(12)23-13(2)18-9-10-19(27-18)14-5-7-16(8-6-14)24(25)26/h3-11,23H,2H2,1H3,(H3,21,22). The lowest BCUT2D eigenvalue weighted by Crippen LogP contribution is -2.11. The van der Waals surface area contributed by atoms with Crippen molar-refractivity contribution in [2.75, 3.05) is 5.32 Å². The molecule has 0 spiro atoms. The van der Waals surface area contributed by atoms with Gasteiger partial charge >= 0.3 is 0 Å². The van der Waals surface area contributed by atoms with Crippen LogP contribution in [0.15, 0.2) is 65.6 Å². The van der Waals surface area contributed by atoms with Gasteiger partial charge < -0.3 is 15.5 Å². The Hall–Kier alpha value is -3.87. The Bertz CT molecular complexity index is 1040. The van der Waals surface area contributed by atoms with E-state index in [0.717, 1.165) is 16.8 Å². The van der Waals surface area contributed by atoms with Crippen molar-refractivity contribution in [2.24, 2.45) is 5.73 Å². The summed E-state index contributed by atoms with van der Waals surface area (Å²) in [4.78, 5) is 10.3. The number of rotatable bonds is 6. The van der Waals surface area contributed by atoms with Gasteiger partial charge in [-0.15, -0.1) is 0 Å². The number of hydrogen-bond acceptors (Lipinski definition) is 5. The lowest BCUT2D eigenvalue weighted by atomic mass is 10.1. The van der Waals surface area contributed by atoms with Gasteiger partial charge in [0.1, 0.15) is 17.4 Å². The van der Waals surface area contributed by atoms with Gasteiger partial charge in [0, 0.05) is 28.9 Å². The highest BCUT2D eigenvalue weighted by Gasteiger charge is 2.11. The summed E-state index contributed by atoms with van der Waals surface area (Å²) in [5.41, 5.74) is 9.22. The number of amidine groups is 1. The SMILES string of the molecule is C=C(Nc1cc(C(=N)N)ccc1C)c1ccc(-c2ccc([N+](=O)[O-])cc2)o1. The van der Waals surface area contributed by atoms with Gasteiger partial charge in [0.2, 0.25) is 0 Å². The number of furan rings is 1. The zero-order valence-corrected chi connectivity index (χ0v) is 14.7. The van der Waals surface area contributed by atoms with Gasteiger partial charge in [-0.25, -0.2) is 0 Å². The summed E-state index contributed by atoms with van der Waals surface area (Å²) in [7, 11) is 0. The van der Waals surface area contributed by atoms with Crippen LogP contribution >= 0.6 is 0 Å². The number of nitro benzene ring substituents is 1. The van der Waals surface area contributed by atoms with Crippen molar-refractivity contribution in [1.82, 2.24) is 0 Å². The summed E-state index contributed by atoms with van der Waals surface area (Å²) in [5, 5.41) is 21.5. The van der Waals surface area contributed by atoms with Crippen LogP contribution in [0.3, 0.4) is 0 Å². The maximum absolute atomic E-state index is 10.8. The predicted molar refractivity (Wildman–Crippen MR) is 106 cm³/mol. The molecule has 0 bridgehead atoms. The molecule has 0 radical (unpaired) electrons. The van der Waals surface area contributed by atoms with Gasteiger partial charge in [-0.1, -0.05) is 18.7 Å². The third kappa shape index (κ3) is 3.87. The van der Waals surface area contributed by atoms with Crippen LogP contribution in [0.25, 0.3) is 17.0 Å². The maximum Gasteiger partial charge on any atom is 0.269 e. The van der Waals surface area contributed by atoms with E-state index in [1.165, 1.54) is 12.1 Å². The Balaban J connectivity index is 1.80. The zero-order chi connectivity index (χ0) is 19.6. The van der Waals surface area contributed by atoms with Crippen molar-refractivity contribution in [3.05, 3.63) is 88.2 Å². The van der Waals surface area contributed by atoms with Crippen LogP contribution in [-0.2, 0) is 0 Å². The van der Waals surface area contributed by atoms with Gasteiger partial charge in [-0.2, -0.15) is 0 Å². The van der Waals surface area contributed by atoms with Crippen molar-refractivity contribution in [2.45, 2.75) is 6.92 Å². The number of benzene rings is 2. The molecule has 0 aliphatic rings. The summed E-state index contributed by atoms with van der Waals surface area (Å²) in [6.45, 7) is 5.94. The fourth-order valence-corrected chi connectivity index (χ4v) is 2.55. The fourth-order valence-electron chi connectivity index (χ4n) is 2.55. The minimum Gasteiger partial charge on any atom is -0.455 e. The lowest BCUT2D eigenvalue weighted by Gasteiger charge is -2.12. The first-order chi connectivity index (χ1) is 12.8. The van der Waals surface area contributed by atoms with Crippen LogP contribution in [0.2, 0.25) is 0 Å². The Kier molecular flexibility index (Phi) is 4.76. The number of nitrogens with one attached hydrogen (secondary N) is 2. The number of nitrogens with zero attached hydrogens (tertiary/aromatic N) is 1. The molecular weight excluding hydrogens is 344 g/mol. The van der Waals surface area contributed by atoms with Crippen molar-refractivity contribution in [1.29, 1.82) is 5.41 Å². The van der Waals surface area contributed by atoms with Crippen LogP contribution in [0.5, 0.6) is 0 Å². The first-order valence-corrected chi connectivity index (χ1v) is 8.11. The molecule has 0 unspecified atom stereocenters. The highest BCUT2D eigenvalue weighted by Crippen LogP contribution is 2.28. The van der Waals surface area contributed by atoms with Crippen LogP contribution in [0, 0.1) is 22.4 Å². The van der Waals surface area contributed by atoms with Gasteiger partial charge in [0.05, 0.1) is 10.6 Å². The van der Waals surface area contributed by atoms with E-state index in [1.54, 1.807) is 36.4 Å². The van der Waals surface area contributed by atoms with Gasteiger partial charge in [0.25, 0.3) is 5.69 Å². The molecule has 4 N–H and O–H groups in total. The number of nitro groups is 1. The van der Waals surface area contributed by atoms with E-state index >= 15 is 0 Å². The highest BCUT2D eigenvalue weighted by atomic mass is 16.6. The largest absolute Gasteiger partial charge is 0.455 e.